The number of aliphatic hydroxyl groups is 1. The van der Waals surface area contributed by atoms with E-state index in [0.29, 0.717) is 6.07 Å². The normalized spacial score (nSPS) is 15.1. The topological polar surface area (TPSA) is 100 Å². The molecule has 0 saturated heterocycles. The zero-order valence-electron chi connectivity index (χ0n) is 12.3. The van der Waals surface area contributed by atoms with Crippen LogP contribution < -0.4 is 5.32 Å². The van der Waals surface area contributed by atoms with Crippen molar-refractivity contribution in [1.82, 2.24) is 20.1 Å². The third-order valence-corrected chi connectivity index (χ3v) is 3.54. The minimum Gasteiger partial charge on any atom is -0.480 e. The van der Waals surface area contributed by atoms with Gasteiger partial charge in [-0.3, -0.25) is 4.79 Å². The predicted molar refractivity (Wildman–Crippen MR) is 75.4 cm³/mol. The molecule has 9 heteroatoms. The van der Waals surface area contributed by atoms with E-state index >= 15 is 0 Å². The van der Waals surface area contributed by atoms with Gasteiger partial charge in [0.05, 0.1) is 13.1 Å². The second-order valence-corrected chi connectivity index (χ2v) is 5.14. The van der Waals surface area contributed by atoms with Crippen molar-refractivity contribution in [1.29, 1.82) is 0 Å². The van der Waals surface area contributed by atoms with Crippen molar-refractivity contribution in [3.63, 3.8) is 0 Å². The Labute approximate surface area is 130 Å². The summed E-state index contributed by atoms with van der Waals surface area (Å²) in [5, 5.41) is 26.2. The van der Waals surface area contributed by atoms with Crippen LogP contribution >= 0.6 is 0 Å². The molecule has 1 aromatic heterocycles. The first-order valence-corrected chi connectivity index (χ1v) is 6.78. The van der Waals surface area contributed by atoms with Gasteiger partial charge in [0.25, 0.3) is 0 Å². The van der Waals surface area contributed by atoms with Crippen LogP contribution in [0.15, 0.2) is 30.9 Å². The lowest BCUT2D eigenvalue weighted by Gasteiger charge is -2.35. The average Bonchev–Trinajstić information content (AvgIpc) is 2.97. The van der Waals surface area contributed by atoms with E-state index in [1.807, 2.05) is 0 Å². The van der Waals surface area contributed by atoms with Crippen LogP contribution in [0.2, 0.25) is 0 Å². The smallest absolute Gasteiger partial charge is 0.317 e. The molecule has 0 bridgehead atoms. The van der Waals surface area contributed by atoms with Crippen molar-refractivity contribution in [2.24, 2.45) is 0 Å². The quantitative estimate of drug-likeness (QED) is 0.685. The van der Waals surface area contributed by atoms with E-state index in [1.165, 1.54) is 24.3 Å². The van der Waals surface area contributed by atoms with Gasteiger partial charge in [-0.05, 0) is 13.0 Å². The monoisotopic (exact) mass is 326 g/mol. The maximum Gasteiger partial charge on any atom is 0.317 e. The Morgan fingerprint density at radius 1 is 1.48 bits per heavy atom. The molecule has 0 saturated carbocycles. The molecule has 124 valence electrons. The van der Waals surface area contributed by atoms with Crippen LogP contribution in [0.1, 0.15) is 12.5 Å². The summed E-state index contributed by atoms with van der Waals surface area (Å²) < 4.78 is 28.5. The van der Waals surface area contributed by atoms with Crippen molar-refractivity contribution in [3.8, 4) is 0 Å². The van der Waals surface area contributed by atoms with E-state index < -0.39 is 35.8 Å². The first kappa shape index (κ1) is 17.0. The van der Waals surface area contributed by atoms with Crippen molar-refractivity contribution >= 4 is 5.97 Å². The summed E-state index contributed by atoms with van der Waals surface area (Å²) in [6.45, 7) is 0.885. The number of aliphatic carboxylic acids is 1. The Bertz CT molecular complexity index is 681. The number of carbonyl (C=O) groups is 1. The number of hydrogen-bond acceptors (Lipinski definition) is 5. The van der Waals surface area contributed by atoms with Gasteiger partial charge < -0.3 is 15.5 Å². The largest absolute Gasteiger partial charge is 0.480 e. The van der Waals surface area contributed by atoms with Gasteiger partial charge in [-0.2, -0.15) is 5.10 Å². The standard InChI is InChI=1S/C14H16F2N4O3/c1-9(18-5-13(21)22)14(23,6-20-8-17-7-19-20)11-3-2-10(15)4-12(11)16/h2-4,7-9,18,23H,5-6H2,1H3,(H,21,22)/t9-,14-/m1/s1. The number of nitrogens with one attached hydrogen (secondary N) is 1. The molecule has 0 aliphatic rings. The van der Waals surface area contributed by atoms with Crippen molar-refractivity contribution in [2.45, 2.75) is 25.1 Å². The van der Waals surface area contributed by atoms with Gasteiger partial charge in [-0.25, -0.2) is 18.4 Å². The van der Waals surface area contributed by atoms with Crippen LogP contribution in [0.25, 0.3) is 0 Å². The fourth-order valence-corrected chi connectivity index (χ4v) is 2.27. The lowest BCUT2D eigenvalue weighted by Crippen LogP contribution is -2.51. The van der Waals surface area contributed by atoms with Crippen LogP contribution in [0, 0.1) is 11.6 Å². The lowest BCUT2D eigenvalue weighted by molar-refractivity contribution is -0.136. The summed E-state index contributed by atoms with van der Waals surface area (Å²) in [4.78, 5) is 14.4. The number of nitrogens with zero attached hydrogens (tertiary/aromatic N) is 3. The van der Waals surface area contributed by atoms with Gasteiger partial charge in [0, 0.05) is 17.7 Å². The number of hydrogen-bond donors (Lipinski definition) is 3. The Kier molecular flexibility index (Phi) is 5.02. The number of halogens is 2. The summed E-state index contributed by atoms with van der Waals surface area (Å²) >= 11 is 0. The van der Waals surface area contributed by atoms with Crippen LogP contribution in [0.5, 0.6) is 0 Å². The molecule has 23 heavy (non-hydrogen) atoms. The number of rotatable bonds is 7. The van der Waals surface area contributed by atoms with Crippen molar-refractivity contribution in [2.75, 3.05) is 6.54 Å². The summed E-state index contributed by atoms with van der Waals surface area (Å²) in [6, 6.07) is 1.95. The molecule has 0 spiro atoms. The molecule has 0 radical (unpaired) electrons. The Balaban J connectivity index is 2.38. The minimum absolute atomic E-state index is 0.167. The SMILES string of the molecule is C[C@@H](NCC(=O)O)[C@](O)(Cn1cncn1)c1ccc(F)cc1F. The second-order valence-electron chi connectivity index (χ2n) is 5.14. The van der Waals surface area contributed by atoms with E-state index in [2.05, 4.69) is 15.4 Å². The molecule has 0 amide bonds. The van der Waals surface area contributed by atoms with E-state index in [0.717, 1.165) is 12.1 Å². The molecule has 2 aromatic rings. The lowest BCUT2D eigenvalue weighted by atomic mass is 9.86. The Hall–Kier alpha value is -2.39. The summed E-state index contributed by atoms with van der Waals surface area (Å²) in [7, 11) is 0. The number of carboxylic acids is 1. The fraction of sp³-hybridized carbons (Fsp3) is 0.357. The van der Waals surface area contributed by atoms with Gasteiger partial charge in [0.15, 0.2) is 0 Å². The van der Waals surface area contributed by atoms with Crippen LogP contribution in [0.4, 0.5) is 8.78 Å². The highest BCUT2D eigenvalue weighted by molar-refractivity contribution is 5.69. The van der Waals surface area contributed by atoms with Gasteiger partial charge in [0.2, 0.25) is 0 Å². The average molecular weight is 326 g/mol. The van der Waals surface area contributed by atoms with Crippen LogP contribution in [-0.4, -0.2) is 43.5 Å². The zero-order valence-corrected chi connectivity index (χ0v) is 12.3. The third-order valence-electron chi connectivity index (χ3n) is 3.54. The maximum atomic E-state index is 14.1. The highest BCUT2D eigenvalue weighted by Gasteiger charge is 2.39. The highest BCUT2D eigenvalue weighted by atomic mass is 19.1. The first-order valence-electron chi connectivity index (χ1n) is 6.78. The van der Waals surface area contributed by atoms with E-state index in [-0.39, 0.29) is 12.1 Å². The molecular formula is C14H16F2N4O3. The van der Waals surface area contributed by atoms with Crippen molar-refractivity contribution < 1.29 is 23.8 Å². The Morgan fingerprint density at radius 2 is 2.22 bits per heavy atom. The highest BCUT2D eigenvalue weighted by Crippen LogP contribution is 2.29. The van der Waals surface area contributed by atoms with E-state index in [9.17, 15) is 18.7 Å². The third kappa shape index (κ3) is 3.88. The minimum atomic E-state index is -1.86. The predicted octanol–water partition coefficient (Wildman–Crippen LogP) is 0.507. The molecule has 1 heterocycles. The summed E-state index contributed by atoms with van der Waals surface area (Å²) in [5.74, 6) is -2.84. The van der Waals surface area contributed by atoms with Crippen molar-refractivity contribution in [3.05, 3.63) is 48.1 Å². The van der Waals surface area contributed by atoms with Gasteiger partial charge in [-0.1, -0.05) is 6.07 Å². The molecule has 0 fully saturated rings. The summed E-state index contributed by atoms with van der Waals surface area (Å²) in [5.41, 5.74) is -2.03. The summed E-state index contributed by atoms with van der Waals surface area (Å²) in [6.07, 6.45) is 2.58. The van der Waals surface area contributed by atoms with Gasteiger partial charge in [-0.15, -0.1) is 0 Å². The van der Waals surface area contributed by atoms with E-state index in [1.54, 1.807) is 0 Å². The number of benzene rings is 1. The molecule has 2 atom stereocenters. The number of carboxylic acid groups (broad SMARTS) is 1. The van der Waals surface area contributed by atoms with Crippen LogP contribution in [-0.2, 0) is 16.9 Å². The molecule has 3 N–H and O–H groups in total. The Morgan fingerprint density at radius 3 is 2.78 bits per heavy atom. The molecule has 0 aliphatic carbocycles. The van der Waals surface area contributed by atoms with Gasteiger partial charge in [0.1, 0.15) is 29.9 Å². The molecule has 0 aliphatic heterocycles. The maximum absolute atomic E-state index is 14.1. The molecule has 1 aromatic carbocycles. The zero-order chi connectivity index (χ0) is 17.0. The van der Waals surface area contributed by atoms with E-state index in [4.69, 9.17) is 5.11 Å². The molecule has 0 unspecified atom stereocenters. The van der Waals surface area contributed by atoms with Gasteiger partial charge >= 0.3 is 5.97 Å². The molecule has 7 nitrogen and oxygen atoms in total. The second kappa shape index (κ2) is 6.80. The molecular weight excluding hydrogens is 310 g/mol. The number of aromatic nitrogens is 3. The van der Waals surface area contributed by atoms with Crippen LogP contribution in [0.3, 0.4) is 0 Å². The fourth-order valence-electron chi connectivity index (χ4n) is 2.27. The molecule has 2 rings (SSSR count). The first-order chi connectivity index (χ1) is 10.8.